The molecule has 4 aromatic rings. The van der Waals surface area contributed by atoms with Gasteiger partial charge in [0.25, 0.3) is 5.91 Å². The van der Waals surface area contributed by atoms with Crippen molar-refractivity contribution in [3.05, 3.63) is 101 Å². The molecule has 3 aromatic carbocycles. The Morgan fingerprint density at radius 3 is 2.27 bits per heavy atom. The first kappa shape index (κ1) is 19.5. The van der Waals surface area contributed by atoms with Crippen LogP contribution in [0.25, 0.3) is 11.0 Å². The Morgan fingerprint density at radius 2 is 1.53 bits per heavy atom. The van der Waals surface area contributed by atoms with Crippen LogP contribution >= 0.6 is 0 Å². The van der Waals surface area contributed by atoms with E-state index in [9.17, 15) is 9.59 Å². The summed E-state index contributed by atoms with van der Waals surface area (Å²) >= 11 is 0. The second-order valence-corrected chi connectivity index (χ2v) is 6.84. The summed E-state index contributed by atoms with van der Waals surface area (Å²) < 4.78 is 10.7. The van der Waals surface area contributed by atoms with E-state index in [1.807, 2.05) is 36.4 Å². The molecule has 150 valence electrons. The Morgan fingerprint density at radius 1 is 0.867 bits per heavy atom. The normalized spacial score (nSPS) is 10.7. The maximum atomic E-state index is 12.9. The van der Waals surface area contributed by atoms with Crippen molar-refractivity contribution >= 4 is 28.5 Å². The van der Waals surface area contributed by atoms with Gasteiger partial charge >= 0.3 is 5.97 Å². The maximum absolute atomic E-state index is 12.9. The number of hydrogen-bond acceptors (Lipinski definition) is 4. The van der Waals surface area contributed by atoms with E-state index in [1.165, 1.54) is 5.56 Å². The fraction of sp³-hybridized carbons (Fsp3) is 0.120. The molecular weight excluding hydrogens is 378 g/mol. The summed E-state index contributed by atoms with van der Waals surface area (Å²) in [6, 6.07) is 24.7. The molecule has 1 amide bonds. The monoisotopic (exact) mass is 399 g/mol. The molecule has 4 rings (SSSR count). The third-order valence-corrected chi connectivity index (χ3v) is 4.76. The summed E-state index contributed by atoms with van der Waals surface area (Å²) in [5.41, 5.74) is 3.64. The molecule has 0 aliphatic heterocycles. The van der Waals surface area contributed by atoms with Gasteiger partial charge in [0.15, 0.2) is 0 Å². The van der Waals surface area contributed by atoms with Gasteiger partial charge in [-0.25, -0.2) is 4.79 Å². The topological polar surface area (TPSA) is 68.5 Å². The van der Waals surface area contributed by atoms with Crippen LogP contribution in [0.1, 0.15) is 39.0 Å². The van der Waals surface area contributed by atoms with Gasteiger partial charge < -0.3 is 14.5 Å². The molecule has 0 bridgehead atoms. The van der Waals surface area contributed by atoms with Crippen LogP contribution < -0.4 is 5.32 Å². The molecule has 1 heterocycles. The van der Waals surface area contributed by atoms with E-state index in [0.29, 0.717) is 22.2 Å². The van der Waals surface area contributed by atoms with E-state index in [0.717, 1.165) is 12.0 Å². The van der Waals surface area contributed by atoms with E-state index in [2.05, 4.69) is 17.4 Å². The smallest absolute Gasteiger partial charge is 0.376 e. The summed E-state index contributed by atoms with van der Waals surface area (Å²) in [5.74, 6) is -0.937. The van der Waals surface area contributed by atoms with Gasteiger partial charge in [0.1, 0.15) is 11.3 Å². The van der Waals surface area contributed by atoms with Crippen LogP contribution in [-0.4, -0.2) is 18.5 Å². The van der Waals surface area contributed by atoms with Crippen molar-refractivity contribution in [2.24, 2.45) is 0 Å². The summed E-state index contributed by atoms with van der Waals surface area (Å²) in [6.07, 6.45) is 0.794. The number of carbonyl (C=O) groups excluding carboxylic acids is 2. The van der Waals surface area contributed by atoms with Crippen LogP contribution in [-0.2, 0) is 11.2 Å². The van der Waals surface area contributed by atoms with Crippen LogP contribution in [0.3, 0.4) is 0 Å². The van der Waals surface area contributed by atoms with Crippen LogP contribution in [0.5, 0.6) is 0 Å². The standard InChI is InChI=1S/C25H21NO4/c1-2-29-25(28)23-22(20-10-6-7-11-21(20)30-23)26-24(27)19-14-12-18(13-15-19)16-17-8-4-3-5-9-17/h3-15H,2,16H2,1H3,(H,26,27). The lowest BCUT2D eigenvalue weighted by molar-refractivity contribution is 0.0494. The summed E-state index contributed by atoms with van der Waals surface area (Å²) in [5, 5.41) is 3.47. The van der Waals surface area contributed by atoms with Crippen molar-refractivity contribution in [1.82, 2.24) is 0 Å². The highest BCUT2D eigenvalue weighted by Crippen LogP contribution is 2.31. The first-order valence-corrected chi connectivity index (χ1v) is 9.78. The molecule has 0 aliphatic rings. The number of furan rings is 1. The van der Waals surface area contributed by atoms with Gasteiger partial charge in [-0.05, 0) is 48.7 Å². The van der Waals surface area contributed by atoms with Crippen molar-refractivity contribution < 1.29 is 18.7 Å². The van der Waals surface area contributed by atoms with Gasteiger partial charge in [-0.1, -0.05) is 54.6 Å². The second kappa shape index (κ2) is 8.66. The van der Waals surface area contributed by atoms with Crippen LogP contribution in [0.4, 0.5) is 5.69 Å². The number of amides is 1. The van der Waals surface area contributed by atoms with E-state index in [-0.39, 0.29) is 18.3 Å². The minimum absolute atomic E-state index is 0.00732. The number of rotatable bonds is 6. The van der Waals surface area contributed by atoms with Gasteiger partial charge in [0.2, 0.25) is 5.76 Å². The van der Waals surface area contributed by atoms with Crippen molar-refractivity contribution in [2.75, 3.05) is 11.9 Å². The zero-order chi connectivity index (χ0) is 20.9. The average Bonchev–Trinajstić information content (AvgIpc) is 3.14. The minimum atomic E-state index is -0.609. The molecule has 30 heavy (non-hydrogen) atoms. The molecule has 0 saturated heterocycles. The predicted octanol–water partition coefficient (Wildman–Crippen LogP) is 5.45. The van der Waals surface area contributed by atoms with Crippen LogP contribution in [0.2, 0.25) is 0 Å². The Balaban J connectivity index is 1.57. The number of benzene rings is 3. The van der Waals surface area contributed by atoms with Gasteiger partial charge in [-0.2, -0.15) is 0 Å². The number of nitrogens with one attached hydrogen (secondary N) is 1. The summed E-state index contributed by atoms with van der Waals surface area (Å²) in [4.78, 5) is 25.2. The Hall–Kier alpha value is -3.86. The van der Waals surface area contributed by atoms with Gasteiger partial charge in [0, 0.05) is 10.9 Å². The average molecular weight is 399 g/mol. The molecule has 5 heteroatoms. The largest absolute Gasteiger partial charge is 0.460 e. The number of carbonyl (C=O) groups is 2. The quantitative estimate of drug-likeness (QED) is 0.438. The Bertz CT molecular complexity index is 1180. The van der Waals surface area contributed by atoms with Gasteiger partial charge in [-0.3, -0.25) is 4.79 Å². The Kier molecular flexibility index (Phi) is 5.61. The van der Waals surface area contributed by atoms with Crippen LogP contribution in [0.15, 0.2) is 83.3 Å². The highest BCUT2D eigenvalue weighted by Gasteiger charge is 2.23. The molecule has 0 saturated carbocycles. The fourth-order valence-electron chi connectivity index (χ4n) is 3.30. The molecule has 1 aromatic heterocycles. The van der Waals surface area contributed by atoms with E-state index < -0.39 is 5.97 Å². The third-order valence-electron chi connectivity index (χ3n) is 4.76. The van der Waals surface area contributed by atoms with Crippen molar-refractivity contribution in [1.29, 1.82) is 0 Å². The van der Waals surface area contributed by atoms with E-state index in [4.69, 9.17) is 9.15 Å². The number of esters is 1. The lowest BCUT2D eigenvalue weighted by atomic mass is 10.0. The molecule has 0 radical (unpaired) electrons. The number of anilines is 1. The number of para-hydroxylation sites is 1. The van der Waals surface area contributed by atoms with Gasteiger partial charge in [-0.15, -0.1) is 0 Å². The molecule has 0 unspecified atom stereocenters. The van der Waals surface area contributed by atoms with Crippen molar-refractivity contribution in [2.45, 2.75) is 13.3 Å². The highest BCUT2D eigenvalue weighted by molar-refractivity contribution is 6.13. The Labute approximate surface area is 174 Å². The maximum Gasteiger partial charge on any atom is 0.376 e. The minimum Gasteiger partial charge on any atom is -0.460 e. The fourth-order valence-corrected chi connectivity index (χ4v) is 3.30. The number of ether oxygens (including phenoxy) is 1. The highest BCUT2D eigenvalue weighted by atomic mass is 16.5. The molecule has 5 nitrogen and oxygen atoms in total. The first-order chi connectivity index (χ1) is 14.7. The number of fused-ring (bicyclic) bond motifs is 1. The molecule has 0 atom stereocenters. The van der Waals surface area contributed by atoms with Crippen molar-refractivity contribution in [3.63, 3.8) is 0 Å². The molecule has 0 spiro atoms. The first-order valence-electron chi connectivity index (χ1n) is 9.78. The second-order valence-electron chi connectivity index (χ2n) is 6.84. The van der Waals surface area contributed by atoms with Crippen LogP contribution in [0, 0.1) is 0 Å². The van der Waals surface area contributed by atoms with E-state index >= 15 is 0 Å². The lowest BCUT2D eigenvalue weighted by Crippen LogP contribution is -2.15. The molecule has 1 N–H and O–H groups in total. The molecule has 0 fully saturated rings. The molecular formula is C25H21NO4. The van der Waals surface area contributed by atoms with Gasteiger partial charge in [0.05, 0.1) is 6.61 Å². The van der Waals surface area contributed by atoms with E-state index in [1.54, 1.807) is 37.3 Å². The predicted molar refractivity (Wildman–Crippen MR) is 116 cm³/mol. The summed E-state index contributed by atoms with van der Waals surface area (Å²) in [7, 11) is 0. The summed E-state index contributed by atoms with van der Waals surface area (Å²) in [6.45, 7) is 1.93. The third kappa shape index (κ3) is 4.10. The zero-order valence-electron chi connectivity index (χ0n) is 16.6. The lowest BCUT2D eigenvalue weighted by Gasteiger charge is -2.07. The molecule has 0 aliphatic carbocycles. The SMILES string of the molecule is CCOC(=O)c1oc2ccccc2c1NC(=O)c1ccc(Cc2ccccc2)cc1. The number of hydrogen-bond donors (Lipinski definition) is 1. The zero-order valence-corrected chi connectivity index (χ0v) is 16.6. The van der Waals surface area contributed by atoms with Crippen molar-refractivity contribution in [3.8, 4) is 0 Å².